The van der Waals surface area contributed by atoms with Crippen LogP contribution >= 0.6 is 0 Å². The predicted molar refractivity (Wildman–Crippen MR) is 130 cm³/mol. The predicted octanol–water partition coefficient (Wildman–Crippen LogP) is 4.01. The van der Waals surface area contributed by atoms with E-state index in [1.165, 1.54) is 7.11 Å². The van der Waals surface area contributed by atoms with Gasteiger partial charge in [0.1, 0.15) is 18.0 Å². The van der Waals surface area contributed by atoms with E-state index in [2.05, 4.69) is 42.4 Å². The SMILES string of the molecule is CC(C)(C)c1cc(=O)[nH]c(C2(C)CC2)n1.CC1(C(=N)N)CC1.COC(=O)CC(=O)C(C)(C)C. The van der Waals surface area contributed by atoms with E-state index in [-0.39, 0.29) is 34.0 Å². The Morgan fingerprint density at radius 1 is 1.12 bits per heavy atom. The number of carbonyl (C=O) groups is 2. The van der Waals surface area contributed by atoms with Gasteiger partial charge in [0.25, 0.3) is 5.56 Å². The molecule has 2 aliphatic rings. The zero-order valence-corrected chi connectivity index (χ0v) is 21.8. The van der Waals surface area contributed by atoms with Crippen LogP contribution in [0.25, 0.3) is 0 Å². The number of H-pyrrole nitrogens is 1. The molecular formula is C25H42N4O4. The van der Waals surface area contributed by atoms with Crippen LogP contribution in [0, 0.1) is 16.2 Å². The van der Waals surface area contributed by atoms with Crippen molar-refractivity contribution in [2.75, 3.05) is 7.11 Å². The lowest BCUT2D eigenvalue weighted by Crippen LogP contribution is -2.23. The number of hydrogen-bond acceptors (Lipinski definition) is 6. The number of rotatable bonds is 4. The van der Waals surface area contributed by atoms with Gasteiger partial charge >= 0.3 is 5.97 Å². The molecule has 2 aliphatic carbocycles. The van der Waals surface area contributed by atoms with Crippen LogP contribution in [0.5, 0.6) is 0 Å². The summed E-state index contributed by atoms with van der Waals surface area (Å²) in [4.78, 5) is 40.7. The number of nitrogens with two attached hydrogens (primary N) is 1. The number of aromatic amines is 1. The number of Topliss-reactive ketones (excluding diaryl/α,β-unsaturated/α-hetero) is 1. The van der Waals surface area contributed by atoms with Gasteiger partial charge < -0.3 is 15.5 Å². The minimum Gasteiger partial charge on any atom is -0.469 e. The molecule has 2 fully saturated rings. The summed E-state index contributed by atoms with van der Waals surface area (Å²) in [5, 5.41) is 6.99. The van der Waals surface area contributed by atoms with Crippen molar-refractivity contribution in [1.29, 1.82) is 5.41 Å². The van der Waals surface area contributed by atoms with Gasteiger partial charge in [-0.15, -0.1) is 0 Å². The van der Waals surface area contributed by atoms with Gasteiger partial charge in [-0.3, -0.25) is 19.8 Å². The summed E-state index contributed by atoms with van der Waals surface area (Å²) in [5.41, 5.74) is 5.79. The standard InChI is InChI=1S/C12H18N2O.C8H14O3.C5H10N2/c1-11(2,3)8-7-9(15)14-10(13-8)12(4)5-6-12;1-8(2,3)6(9)5-7(10)11-4;1-5(2-3-5)4(6)7/h7H,5-6H2,1-4H3,(H,13,14,15);5H2,1-4H3;2-3H2,1H3,(H3,6,7). The van der Waals surface area contributed by atoms with Crippen LogP contribution in [0.1, 0.15) is 99.0 Å². The van der Waals surface area contributed by atoms with E-state index in [0.717, 1.165) is 37.2 Å². The first-order valence-electron chi connectivity index (χ1n) is 11.4. The van der Waals surface area contributed by atoms with E-state index >= 15 is 0 Å². The molecule has 0 atom stereocenters. The molecule has 1 aromatic rings. The number of methoxy groups -OCH3 is 1. The quantitative estimate of drug-likeness (QED) is 0.267. The first kappa shape index (κ1) is 28.5. The highest BCUT2D eigenvalue weighted by Gasteiger charge is 2.42. The number of ketones is 1. The van der Waals surface area contributed by atoms with Gasteiger partial charge in [-0.05, 0) is 25.7 Å². The molecule has 2 saturated carbocycles. The number of ether oxygens (including phenoxy) is 1. The van der Waals surface area contributed by atoms with Crippen LogP contribution in [0.15, 0.2) is 10.9 Å². The van der Waals surface area contributed by atoms with Gasteiger partial charge in [-0.2, -0.15) is 0 Å². The lowest BCUT2D eigenvalue weighted by Gasteiger charge is -2.19. The highest BCUT2D eigenvalue weighted by Crippen LogP contribution is 2.46. The van der Waals surface area contributed by atoms with Crippen molar-refractivity contribution in [2.45, 2.75) is 98.3 Å². The maximum atomic E-state index is 11.5. The van der Waals surface area contributed by atoms with Gasteiger partial charge in [-0.25, -0.2) is 4.98 Å². The Hall–Kier alpha value is -2.51. The minimum absolute atomic E-state index is 0.0296. The molecule has 8 heteroatoms. The molecule has 0 aromatic carbocycles. The monoisotopic (exact) mass is 462 g/mol. The topological polar surface area (TPSA) is 139 Å². The maximum Gasteiger partial charge on any atom is 0.313 e. The third kappa shape index (κ3) is 9.10. The van der Waals surface area contributed by atoms with Crippen LogP contribution in [0.3, 0.4) is 0 Å². The third-order valence-electron chi connectivity index (χ3n) is 6.10. The van der Waals surface area contributed by atoms with E-state index in [0.29, 0.717) is 5.84 Å². The molecule has 1 heterocycles. The average Bonchev–Trinajstić information content (AvgIpc) is 3.60. The zero-order chi connectivity index (χ0) is 25.8. The molecule has 0 radical (unpaired) electrons. The van der Waals surface area contributed by atoms with E-state index < -0.39 is 11.4 Å². The largest absolute Gasteiger partial charge is 0.469 e. The highest BCUT2D eigenvalue weighted by atomic mass is 16.5. The summed E-state index contributed by atoms with van der Waals surface area (Å²) in [6.07, 6.45) is 4.36. The van der Waals surface area contributed by atoms with E-state index in [4.69, 9.17) is 11.1 Å². The number of hydrogen-bond donors (Lipinski definition) is 3. The second-order valence-electron chi connectivity index (χ2n) is 11.7. The van der Waals surface area contributed by atoms with Crippen molar-refractivity contribution in [3.63, 3.8) is 0 Å². The van der Waals surface area contributed by atoms with Crippen LogP contribution in [0.2, 0.25) is 0 Å². The van der Waals surface area contributed by atoms with Gasteiger partial charge in [0, 0.05) is 27.7 Å². The Balaban J connectivity index is 0.000000266. The maximum absolute atomic E-state index is 11.5. The molecule has 0 unspecified atom stereocenters. The number of amidine groups is 1. The van der Waals surface area contributed by atoms with Crippen molar-refractivity contribution < 1.29 is 14.3 Å². The average molecular weight is 463 g/mol. The second kappa shape index (κ2) is 10.2. The Labute approximate surface area is 197 Å². The van der Waals surface area contributed by atoms with E-state index in [1.807, 2.05) is 6.92 Å². The molecule has 3 rings (SSSR count). The Morgan fingerprint density at radius 2 is 1.64 bits per heavy atom. The van der Waals surface area contributed by atoms with Crippen LogP contribution in [0.4, 0.5) is 0 Å². The smallest absolute Gasteiger partial charge is 0.313 e. The fourth-order valence-corrected chi connectivity index (χ4v) is 2.48. The lowest BCUT2D eigenvalue weighted by molar-refractivity contribution is -0.145. The van der Waals surface area contributed by atoms with E-state index in [9.17, 15) is 14.4 Å². The molecule has 0 amide bonds. The first-order valence-corrected chi connectivity index (χ1v) is 11.4. The van der Waals surface area contributed by atoms with Crippen LogP contribution in [-0.2, 0) is 25.2 Å². The van der Waals surface area contributed by atoms with Crippen molar-refractivity contribution in [1.82, 2.24) is 9.97 Å². The second-order valence-corrected chi connectivity index (χ2v) is 11.7. The summed E-state index contributed by atoms with van der Waals surface area (Å²) in [5.74, 6) is 0.654. The molecule has 4 N–H and O–H groups in total. The Bertz CT molecular complexity index is 900. The number of esters is 1. The number of aromatic nitrogens is 2. The fraction of sp³-hybridized carbons (Fsp3) is 0.720. The molecule has 186 valence electrons. The molecular weight excluding hydrogens is 420 g/mol. The van der Waals surface area contributed by atoms with Crippen LogP contribution < -0.4 is 11.3 Å². The Kier molecular flexibility index (Phi) is 8.80. The molecule has 33 heavy (non-hydrogen) atoms. The van der Waals surface area contributed by atoms with Gasteiger partial charge in [0.05, 0.1) is 18.6 Å². The van der Waals surface area contributed by atoms with Crippen molar-refractivity contribution >= 4 is 17.6 Å². The van der Waals surface area contributed by atoms with Gasteiger partial charge in [-0.1, -0.05) is 55.4 Å². The van der Waals surface area contributed by atoms with Crippen molar-refractivity contribution in [3.8, 4) is 0 Å². The number of nitrogens with one attached hydrogen (secondary N) is 2. The summed E-state index contributed by atoms with van der Waals surface area (Å²) >= 11 is 0. The van der Waals surface area contributed by atoms with E-state index in [1.54, 1.807) is 26.8 Å². The summed E-state index contributed by atoms with van der Waals surface area (Å²) in [6.45, 7) is 15.7. The van der Waals surface area contributed by atoms with Gasteiger partial charge in [0.15, 0.2) is 0 Å². The normalized spacial score (nSPS) is 17.4. The first-order chi connectivity index (χ1) is 14.8. The zero-order valence-electron chi connectivity index (χ0n) is 21.8. The molecule has 0 aliphatic heterocycles. The number of carbonyl (C=O) groups excluding carboxylic acids is 2. The van der Waals surface area contributed by atoms with Crippen molar-refractivity contribution in [2.24, 2.45) is 16.6 Å². The number of nitrogens with zero attached hydrogens (tertiary/aromatic N) is 1. The molecule has 8 nitrogen and oxygen atoms in total. The molecule has 0 bridgehead atoms. The third-order valence-corrected chi connectivity index (χ3v) is 6.10. The Morgan fingerprint density at radius 3 is 1.94 bits per heavy atom. The molecule has 1 aromatic heterocycles. The summed E-state index contributed by atoms with van der Waals surface area (Å²) in [6, 6.07) is 1.61. The molecule has 0 spiro atoms. The minimum atomic E-state index is -0.468. The van der Waals surface area contributed by atoms with Gasteiger partial charge in [0.2, 0.25) is 0 Å². The summed E-state index contributed by atoms with van der Waals surface area (Å²) < 4.78 is 4.36. The van der Waals surface area contributed by atoms with Crippen molar-refractivity contribution in [3.05, 3.63) is 27.9 Å². The molecule has 0 saturated heterocycles. The fourth-order valence-electron chi connectivity index (χ4n) is 2.48. The summed E-state index contributed by atoms with van der Waals surface area (Å²) in [7, 11) is 1.28. The lowest BCUT2D eigenvalue weighted by atomic mass is 9.89. The highest BCUT2D eigenvalue weighted by molar-refractivity contribution is 5.98. The van der Waals surface area contributed by atoms with Crippen LogP contribution in [-0.4, -0.2) is 34.7 Å².